The van der Waals surface area contributed by atoms with Crippen molar-refractivity contribution in [2.24, 2.45) is 0 Å². The summed E-state index contributed by atoms with van der Waals surface area (Å²) in [6.07, 6.45) is 39.6. The summed E-state index contributed by atoms with van der Waals surface area (Å²) in [4.78, 5) is 12.4. The molecule has 0 rings (SSSR count). The van der Waals surface area contributed by atoms with Crippen LogP contribution in [0.2, 0.25) is 0 Å². The van der Waals surface area contributed by atoms with Crippen molar-refractivity contribution in [2.45, 2.75) is 187 Å². The predicted molar refractivity (Wildman–Crippen MR) is 189 cm³/mol. The van der Waals surface area contributed by atoms with E-state index in [0.29, 0.717) is 12.8 Å². The molecule has 0 aromatic carbocycles. The van der Waals surface area contributed by atoms with Gasteiger partial charge in [-0.3, -0.25) is 9.35 Å². The zero-order chi connectivity index (χ0) is 32.6. The largest absolute Gasteiger partial charge is 0.391 e. The molecule has 2 unspecified atom stereocenters. The molecule has 0 saturated carbocycles. The molecule has 44 heavy (non-hydrogen) atoms. The normalized spacial score (nSPS) is 13.8. The Kier molecular flexibility index (Phi) is 30.5. The molecule has 0 aromatic heterocycles. The van der Waals surface area contributed by atoms with Gasteiger partial charge in [0, 0.05) is 6.42 Å². The van der Waals surface area contributed by atoms with E-state index in [-0.39, 0.29) is 5.91 Å². The maximum Gasteiger partial charge on any atom is 0.266 e. The molecular formula is C37H69NO5S. The molecule has 0 heterocycles. The van der Waals surface area contributed by atoms with E-state index in [4.69, 9.17) is 0 Å². The number of hydrogen-bond donors (Lipinski definition) is 3. The zero-order valence-electron chi connectivity index (χ0n) is 28.5. The van der Waals surface area contributed by atoms with Gasteiger partial charge in [0.2, 0.25) is 5.91 Å². The van der Waals surface area contributed by atoms with E-state index in [1.807, 2.05) is 0 Å². The number of nitrogens with one attached hydrogen (secondary N) is 1. The van der Waals surface area contributed by atoms with Crippen LogP contribution in [0, 0.1) is 0 Å². The Bertz CT molecular complexity index is 837. The van der Waals surface area contributed by atoms with Crippen LogP contribution >= 0.6 is 0 Å². The Hall–Kier alpha value is -1.44. The molecular weight excluding hydrogens is 570 g/mol. The molecule has 0 aromatic rings. The van der Waals surface area contributed by atoms with Crippen molar-refractivity contribution in [2.75, 3.05) is 5.75 Å². The third-order valence-electron chi connectivity index (χ3n) is 8.10. The van der Waals surface area contributed by atoms with Crippen molar-refractivity contribution >= 4 is 16.0 Å². The number of aliphatic hydroxyl groups is 1. The van der Waals surface area contributed by atoms with Crippen LogP contribution in [-0.4, -0.2) is 41.9 Å². The van der Waals surface area contributed by atoms with Gasteiger partial charge in [-0.05, 0) is 51.4 Å². The number of amides is 1. The van der Waals surface area contributed by atoms with E-state index in [1.54, 1.807) is 0 Å². The molecule has 3 N–H and O–H groups in total. The number of aliphatic hydroxyl groups excluding tert-OH is 1. The van der Waals surface area contributed by atoms with E-state index in [2.05, 4.69) is 55.6 Å². The van der Waals surface area contributed by atoms with Crippen molar-refractivity contribution < 1.29 is 22.9 Å². The van der Waals surface area contributed by atoms with Gasteiger partial charge in [0.25, 0.3) is 10.1 Å². The van der Waals surface area contributed by atoms with Crippen molar-refractivity contribution in [3.8, 4) is 0 Å². The smallest absolute Gasteiger partial charge is 0.266 e. The minimum atomic E-state index is -4.30. The van der Waals surface area contributed by atoms with Crippen molar-refractivity contribution in [1.82, 2.24) is 5.32 Å². The molecule has 0 spiro atoms. The molecule has 0 aliphatic rings. The maximum absolute atomic E-state index is 12.4. The third-order valence-corrected chi connectivity index (χ3v) is 8.88. The van der Waals surface area contributed by atoms with Gasteiger partial charge in [-0.2, -0.15) is 8.42 Å². The first-order valence-electron chi connectivity index (χ1n) is 18.2. The van der Waals surface area contributed by atoms with Gasteiger partial charge in [0.1, 0.15) is 0 Å². The van der Waals surface area contributed by atoms with Crippen LogP contribution in [0.5, 0.6) is 0 Å². The Morgan fingerprint density at radius 1 is 0.614 bits per heavy atom. The van der Waals surface area contributed by atoms with E-state index >= 15 is 0 Å². The average Bonchev–Trinajstić information content (AvgIpc) is 2.98. The topological polar surface area (TPSA) is 104 Å². The van der Waals surface area contributed by atoms with Gasteiger partial charge in [0.15, 0.2) is 0 Å². The summed E-state index contributed by atoms with van der Waals surface area (Å²) in [6, 6.07) is -0.975. The summed E-state index contributed by atoms with van der Waals surface area (Å²) in [5.41, 5.74) is 0. The van der Waals surface area contributed by atoms with Crippen LogP contribution in [-0.2, 0) is 14.9 Å². The molecule has 0 radical (unpaired) electrons. The minimum absolute atomic E-state index is 0.262. The second-order valence-corrected chi connectivity index (χ2v) is 14.0. The van der Waals surface area contributed by atoms with Crippen LogP contribution in [0.3, 0.4) is 0 Å². The van der Waals surface area contributed by atoms with Gasteiger partial charge >= 0.3 is 0 Å². The van der Waals surface area contributed by atoms with Crippen LogP contribution in [0.25, 0.3) is 0 Å². The Morgan fingerprint density at radius 2 is 1.02 bits per heavy atom. The van der Waals surface area contributed by atoms with Gasteiger partial charge in [-0.15, -0.1) is 0 Å². The fourth-order valence-corrected chi connectivity index (χ4v) is 6.10. The lowest BCUT2D eigenvalue weighted by Gasteiger charge is -2.23. The molecule has 258 valence electrons. The number of rotatable bonds is 32. The van der Waals surface area contributed by atoms with Crippen LogP contribution < -0.4 is 5.32 Å². The molecule has 0 aliphatic carbocycles. The highest BCUT2D eigenvalue weighted by molar-refractivity contribution is 7.85. The quantitative estimate of drug-likeness (QED) is 0.0386. The summed E-state index contributed by atoms with van der Waals surface area (Å²) >= 11 is 0. The van der Waals surface area contributed by atoms with E-state index in [1.165, 1.54) is 83.5 Å². The van der Waals surface area contributed by atoms with Crippen molar-refractivity contribution in [1.29, 1.82) is 0 Å². The first kappa shape index (κ1) is 42.6. The SMILES string of the molecule is CCCCCCC/C=C\C/C=C\C/C=C\CCCCCCCCC(=O)NC(CS(=O)(=O)O)C(O)CCCCCCCCCC. The van der Waals surface area contributed by atoms with E-state index in [0.717, 1.165) is 64.2 Å². The summed E-state index contributed by atoms with van der Waals surface area (Å²) in [5, 5.41) is 13.2. The van der Waals surface area contributed by atoms with Crippen LogP contribution in [0.1, 0.15) is 174 Å². The van der Waals surface area contributed by atoms with Crippen LogP contribution in [0.4, 0.5) is 0 Å². The summed E-state index contributed by atoms with van der Waals surface area (Å²) < 4.78 is 32.3. The van der Waals surface area contributed by atoms with Gasteiger partial charge in [-0.1, -0.05) is 153 Å². The molecule has 0 bridgehead atoms. The zero-order valence-corrected chi connectivity index (χ0v) is 29.3. The molecule has 0 aliphatic heterocycles. The predicted octanol–water partition coefficient (Wildman–Crippen LogP) is 10.2. The second kappa shape index (κ2) is 31.5. The number of unbranched alkanes of at least 4 members (excludes halogenated alkanes) is 18. The number of hydrogen-bond acceptors (Lipinski definition) is 4. The number of carbonyl (C=O) groups is 1. The first-order chi connectivity index (χ1) is 21.3. The standard InChI is InChI=1S/C37H69NO5S/c1-3-5-7-9-11-13-14-15-16-17-18-19-20-21-22-23-24-25-27-29-31-33-37(40)38-35(34-44(41,42)43)36(39)32-30-28-26-12-10-8-6-4-2/h14-15,17-18,20-21,35-36,39H,3-13,16,19,22-34H2,1-2H3,(H,38,40)(H,41,42,43)/b15-14-,18-17-,21-20-. The molecule has 0 fully saturated rings. The first-order valence-corrected chi connectivity index (χ1v) is 19.8. The monoisotopic (exact) mass is 639 g/mol. The molecule has 7 heteroatoms. The molecule has 2 atom stereocenters. The fourth-order valence-electron chi connectivity index (χ4n) is 5.34. The van der Waals surface area contributed by atoms with Gasteiger partial charge < -0.3 is 10.4 Å². The fraction of sp³-hybridized carbons (Fsp3) is 0.811. The molecule has 1 amide bonds. The minimum Gasteiger partial charge on any atom is -0.391 e. The Balaban J connectivity index is 3.89. The average molecular weight is 640 g/mol. The number of allylic oxidation sites excluding steroid dienone is 6. The lowest BCUT2D eigenvalue weighted by Crippen LogP contribution is -2.47. The highest BCUT2D eigenvalue weighted by Crippen LogP contribution is 2.14. The maximum atomic E-state index is 12.4. The summed E-state index contributed by atoms with van der Waals surface area (Å²) in [6.45, 7) is 4.45. The second-order valence-electron chi connectivity index (χ2n) is 12.5. The molecule has 6 nitrogen and oxygen atoms in total. The third kappa shape index (κ3) is 32.0. The Labute approximate surface area is 272 Å². The van der Waals surface area contributed by atoms with Crippen molar-refractivity contribution in [3.63, 3.8) is 0 Å². The molecule has 0 saturated heterocycles. The lowest BCUT2D eigenvalue weighted by molar-refractivity contribution is -0.122. The number of carbonyl (C=O) groups excluding carboxylic acids is 1. The van der Waals surface area contributed by atoms with E-state index in [9.17, 15) is 22.9 Å². The summed E-state index contributed by atoms with van der Waals surface area (Å²) in [5.74, 6) is -0.917. The highest BCUT2D eigenvalue weighted by Gasteiger charge is 2.26. The van der Waals surface area contributed by atoms with E-state index < -0.39 is 28.0 Å². The van der Waals surface area contributed by atoms with Crippen LogP contribution in [0.15, 0.2) is 36.5 Å². The van der Waals surface area contributed by atoms with Gasteiger partial charge in [0.05, 0.1) is 17.9 Å². The van der Waals surface area contributed by atoms with Crippen molar-refractivity contribution in [3.05, 3.63) is 36.5 Å². The lowest BCUT2D eigenvalue weighted by atomic mass is 10.0. The van der Waals surface area contributed by atoms with Gasteiger partial charge in [-0.25, -0.2) is 0 Å². The Morgan fingerprint density at radius 3 is 1.50 bits per heavy atom. The highest BCUT2D eigenvalue weighted by atomic mass is 32.2. The summed E-state index contributed by atoms with van der Waals surface area (Å²) in [7, 11) is -4.30.